The highest BCUT2D eigenvalue weighted by Gasteiger charge is 2.01. The number of hydrogen-bond acceptors (Lipinski definition) is 3. The quantitative estimate of drug-likeness (QED) is 0.298. The normalized spacial score (nSPS) is 11.3. The molecule has 0 saturated carbocycles. The second-order valence-corrected chi connectivity index (χ2v) is 6.38. The summed E-state index contributed by atoms with van der Waals surface area (Å²) in [7, 11) is 0. The van der Waals surface area contributed by atoms with Crippen molar-refractivity contribution < 1.29 is 5.11 Å². The van der Waals surface area contributed by atoms with E-state index < -0.39 is 0 Å². The van der Waals surface area contributed by atoms with Crippen LogP contribution in [0.5, 0.6) is 0 Å². The van der Waals surface area contributed by atoms with Crippen LogP contribution in [0.4, 0.5) is 0 Å². The van der Waals surface area contributed by atoms with E-state index in [1.54, 1.807) is 0 Å². The largest absolute Gasteiger partial charge is 0.392 e. The topological polar surface area (TPSA) is 56.7 Å². The summed E-state index contributed by atoms with van der Waals surface area (Å²) >= 11 is 1.82. The van der Waals surface area contributed by atoms with Crippen molar-refractivity contribution in [3.8, 4) is 0 Å². The smallest absolute Gasteiger partial charge is 0.191 e. The zero-order valence-corrected chi connectivity index (χ0v) is 14.9. The van der Waals surface area contributed by atoms with E-state index in [0.717, 1.165) is 35.9 Å². The summed E-state index contributed by atoms with van der Waals surface area (Å²) in [6.07, 6.45) is 0. The Morgan fingerprint density at radius 1 is 1.00 bits per heavy atom. The maximum Gasteiger partial charge on any atom is 0.191 e. The van der Waals surface area contributed by atoms with Gasteiger partial charge in [-0.05, 0) is 30.2 Å². The minimum atomic E-state index is 0.0450. The molecular formula is C19H25N3OS. The van der Waals surface area contributed by atoms with Gasteiger partial charge >= 0.3 is 0 Å². The first-order valence-electron chi connectivity index (χ1n) is 8.21. The Labute approximate surface area is 148 Å². The number of aliphatic hydroxyl groups excluding tert-OH is 1. The Kier molecular flexibility index (Phi) is 8.21. The van der Waals surface area contributed by atoms with E-state index in [9.17, 15) is 5.11 Å². The zero-order chi connectivity index (χ0) is 17.0. The summed E-state index contributed by atoms with van der Waals surface area (Å²) in [6.45, 7) is 4.31. The average Bonchev–Trinajstić information content (AvgIpc) is 2.64. The third-order valence-electron chi connectivity index (χ3n) is 3.45. The first kappa shape index (κ1) is 18.4. The molecule has 0 aliphatic rings. The monoisotopic (exact) mass is 343 g/mol. The van der Waals surface area contributed by atoms with E-state index in [1.807, 2.05) is 42.1 Å². The number of rotatable bonds is 8. The zero-order valence-electron chi connectivity index (χ0n) is 14.0. The molecular weight excluding hydrogens is 318 g/mol. The molecule has 24 heavy (non-hydrogen) atoms. The molecule has 0 bridgehead atoms. The lowest BCUT2D eigenvalue weighted by Crippen LogP contribution is -2.38. The highest BCUT2D eigenvalue weighted by Crippen LogP contribution is 2.15. The number of hydrogen-bond donors (Lipinski definition) is 3. The van der Waals surface area contributed by atoms with Gasteiger partial charge in [0.05, 0.1) is 13.2 Å². The molecule has 128 valence electrons. The van der Waals surface area contributed by atoms with Crippen molar-refractivity contribution in [1.82, 2.24) is 10.6 Å². The fourth-order valence-electron chi connectivity index (χ4n) is 2.23. The lowest BCUT2D eigenvalue weighted by atomic mass is 10.1. The van der Waals surface area contributed by atoms with Gasteiger partial charge in [-0.15, -0.1) is 11.8 Å². The fraction of sp³-hybridized carbons (Fsp3) is 0.316. The van der Waals surface area contributed by atoms with Gasteiger partial charge < -0.3 is 15.7 Å². The van der Waals surface area contributed by atoms with Crippen LogP contribution in [0.15, 0.2) is 64.5 Å². The molecule has 0 aliphatic carbocycles. The summed E-state index contributed by atoms with van der Waals surface area (Å²) in [5.74, 6) is 1.78. The molecule has 0 radical (unpaired) electrons. The summed E-state index contributed by atoms with van der Waals surface area (Å²) in [5.41, 5.74) is 1.98. The summed E-state index contributed by atoms with van der Waals surface area (Å²) in [4.78, 5) is 5.89. The Hall–Kier alpha value is -1.98. The third kappa shape index (κ3) is 6.26. The van der Waals surface area contributed by atoms with E-state index in [0.29, 0.717) is 6.54 Å². The number of nitrogens with zero attached hydrogens (tertiary/aromatic N) is 1. The summed E-state index contributed by atoms with van der Waals surface area (Å²) < 4.78 is 0. The first-order valence-corrected chi connectivity index (χ1v) is 9.19. The van der Waals surface area contributed by atoms with Gasteiger partial charge in [-0.25, -0.2) is 4.99 Å². The second kappa shape index (κ2) is 10.7. The van der Waals surface area contributed by atoms with Crippen LogP contribution in [0.3, 0.4) is 0 Å². The van der Waals surface area contributed by atoms with Crippen LogP contribution in [0.2, 0.25) is 0 Å². The van der Waals surface area contributed by atoms with E-state index >= 15 is 0 Å². The Bertz CT molecular complexity index is 632. The van der Waals surface area contributed by atoms with Crippen LogP contribution in [0.25, 0.3) is 0 Å². The number of benzene rings is 2. The van der Waals surface area contributed by atoms with Gasteiger partial charge in [-0.1, -0.05) is 42.5 Å². The van der Waals surface area contributed by atoms with Gasteiger partial charge in [-0.2, -0.15) is 0 Å². The van der Waals surface area contributed by atoms with Crippen LogP contribution < -0.4 is 10.6 Å². The summed E-state index contributed by atoms with van der Waals surface area (Å²) in [6, 6.07) is 18.2. The predicted octanol–water partition coefficient (Wildman–Crippen LogP) is 3.03. The van der Waals surface area contributed by atoms with Crippen molar-refractivity contribution in [2.75, 3.05) is 18.8 Å². The minimum Gasteiger partial charge on any atom is -0.392 e. The van der Waals surface area contributed by atoms with E-state index in [4.69, 9.17) is 0 Å². The van der Waals surface area contributed by atoms with Crippen LogP contribution in [-0.4, -0.2) is 29.9 Å². The number of aliphatic imine (C=N–C) groups is 1. The van der Waals surface area contributed by atoms with Crippen LogP contribution in [-0.2, 0) is 13.2 Å². The van der Waals surface area contributed by atoms with E-state index in [-0.39, 0.29) is 6.61 Å². The van der Waals surface area contributed by atoms with Crippen molar-refractivity contribution in [3.05, 3.63) is 65.7 Å². The Morgan fingerprint density at radius 2 is 1.71 bits per heavy atom. The fourth-order valence-corrected chi connectivity index (χ4v) is 3.02. The van der Waals surface area contributed by atoms with Gasteiger partial charge in [0.15, 0.2) is 5.96 Å². The first-order chi connectivity index (χ1) is 11.8. The van der Waals surface area contributed by atoms with E-state index in [1.165, 1.54) is 4.90 Å². The molecule has 0 amide bonds. The Morgan fingerprint density at radius 3 is 2.42 bits per heavy atom. The number of thioether (sulfide) groups is 1. The molecule has 0 aliphatic heterocycles. The molecule has 0 aromatic heterocycles. The van der Waals surface area contributed by atoms with Crippen LogP contribution in [0.1, 0.15) is 18.1 Å². The molecule has 0 saturated heterocycles. The highest BCUT2D eigenvalue weighted by atomic mass is 32.2. The molecule has 4 nitrogen and oxygen atoms in total. The molecule has 0 atom stereocenters. The molecule has 0 heterocycles. The predicted molar refractivity (Wildman–Crippen MR) is 102 cm³/mol. The van der Waals surface area contributed by atoms with Gasteiger partial charge in [0.25, 0.3) is 0 Å². The van der Waals surface area contributed by atoms with Crippen molar-refractivity contribution in [3.63, 3.8) is 0 Å². The van der Waals surface area contributed by atoms with Crippen LogP contribution in [0, 0.1) is 0 Å². The van der Waals surface area contributed by atoms with Crippen molar-refractivity contribution >= 4 is 17.7 Å². The number of nitrogens with one attached hydrogen (secondary N) is 2. The molecule has 0 fully saturated rings. The lowest BCUT2D eigenvalue weighted by Gasteiger charge is -2.12. The van der Waals surface area contributed by atoms with Crippen molar-refractivity contribution in [2.24, 2.45) is 4.99 Å². The molecule has 0 unspecified atom stereocenters. The summed E-state index contributed by atoms with van der Waals surface area (Å²) in [5, 5.41) is 16.0. The standard InChI is InChI=1S/C19H25N3OS/c1-2-20-19(21-12-13-24-18-10-4-3-5-11-18)22-14-16-8-6-7-9-17(16)15-23/h3-11,23H,2,12-15H2,1H3,(H2,20,21,22). The maximum atomic E-state index is 9.39. The van der Waals surface area contributed by atoms with Crippen molar-refractivity contribution in [2.45, 2.75) is 25.0 Å². The van der Waals surface area contributed by atoms with Crippen molar-refractivity contribution in [1.29, 1.82) is 0 Å². The lowest BCUT2D eigenvalue weighted by molar-refractivity contribution is 0.280. The number of guanidine groups is 1. The van der Waals surface area contributed by atoms with Gasteiger partial charge in [0.1, 0.15) is 0 Å². The molecule has 3 N–H and O–H groups in total. The average molecular weight is 343 g/mol. The second-order valence-electron chi connectivity index (χ2n) is 5.21. The van der Waals surface area contributed by atoms with Crippen LogP contribution >= 0.6 is 11.8 Å². The van der Waals surface area contributed by atoms with E-state index in [2.05, 4.69) is 46.8 Å². The number of aliphatic hydroxyl groups is 1. The maximum absolute atomic E-state index is 9.39. The highest BCUT2D eigenvalue weighted by molar-refractivity contribution is 7.99. The molecule has 2 aromatic rings. The Balaban J connectivity index is 1.84. The molecule has 2 rings (SSSR count). The third-order valence-corrected chi connectivity index (χ3v) is 4.46. The minimum absolute atomic E-state index is 0.0450. The SMILES string of the molecule is CCNC(=NCc1ccccc1CO)NCCSc1ccccc1. The molecule has 0 spiro atoms. The van der Waals surface area contributed by atoms with Gasteiger partial charge in [0, 0.05) is 23.7 Å². The van der Waals surface area contributed by atoms with Gasteiger partial charge in [-0.3, -0.25) is 0 Å². The molecule has 2 aromatic carbocycles. The van der Waals surface area contributed by atoms with Gasteiger partial charge in [0.2, 0.25) is 0 Å². The molecule has 5 heteroatoms.